The summed E-state index contributed by atoms with van der Waals surface area (Å²) in [6.07, 6.45) is 0.882. The maximum atomic E-state index is 9.46. The topological polar surface area (TPSA) is 39.1 Å². The highest BCUT2D eigenvalue weighted by atomic mass is 16.3. The molecule has 0 spiro atoms. The van der Waals surface area contributed by atoms with Crippen molar-refractivity contribution in [1.29, 1.82) is 0 Å². The smallest absolute Gasteiger partial charge is 0.115 e. The second kappa shape index (κ2) is 8.37. The van der Waals surface area contributed by atoms with Crippen LogP contribution in [0.2, 0.25) is 0 Å². The van der Waals surface area contributed by atoms with Crippen molar-refractivity contribution < 1.29 is 5.11 Å². The molecule has 1 aliphatic rings. The summed E-state index contributed by atoms with van der Waals surface area (Å²) < 4.78 is 0. The molecule has 0 bridgehead atoms. The Kier molecular flexibility index (Phi) is 5.94. The van der Waals surface area contributed by atoms with Gasteiger partial charge in [0.15, 0.2) is 0 Å². The number of hydrazone groups is 1. The summed E-state index contributed by atoms with van der Waals surface area (Å²) >= 11 is 0. The Morgan fingerprint density at radius 2 is 1.69 bits per heavy atom. The van der Waals surface area contributed by atoms with E-state index < -0.39 is 0 Å². The standard InChI is InChI=1S/C22H29N3O/c1-4-22(19-7-9-21(26)10-8-19)23-25-13-11-24(12-14-25)16-20-6-5-17(2)15-18(20)3/h5-10,15,26H,4,11-14,16H2,1-3H3. The summed E-state index contributed by atoms with van der Waals surface area (Å²) in [6.45, 7) is 11.5. The van der Waals surface area contributed by atoms with Crippen LogP contribution in [0.25, 0.3) is 0 Å². The lowest BCUT2D eigenvalue weighted by Crippen LogP contribution is -2.44. The molecule has 0 saturated carbocycles. The van der Waals surface area contributed by atoms with Gasteiger partial charge in [-0.1, -0.05) is 30.7 Å². The Balaban J connectivity index is 1.59. The Morgan fingerprint density at radius 1 is 1.00 bits per heavy atom. The molecule has 1 aliphatic heterocycles. The molecule has 0 aromatic heterocycles. The van der Waals surface area contributed by atoms with Crippen molar-refractivity contribution >= 4 is 5.71 Å². The molecule has 0 atom stereocenters. The molecule has 4 heteroatoms. The summed E-state index contributed by atoms with van der Waals surface area (Å²) in [4.78, 5) is 2.51. The molecule has 1 fully saturated rings. The van der Waals surface area contributed by atoms with Gasteiger partial charge in [0.1, 0.15) is 5.75 Å². The number of phenolic OH excluding ortho intramolecular Hbond substituents is 1. The van der Waals surface area contributed by atoms with Crippen LogP contribution in [0, 0.1) is 13.8 Å². The zero-order valence-electron chi connectivity index (χ0n) is 16.1. The summed E-state index contributed by atoms with van der Waals surface area (Å²) in [5, 5.41) is 16.5. The molecule has 2 aromatic carbocycles. The molecule has 0 aliphatic carbocycles. The molecule has 1 N–H and O–H groups in total. The van der Waals surface area contributed by atoms with Gasteiger partial charge >= 0.3 is 0 Å². The number of phenols is 1. The van der Waals surface area contributed by atoms with Crippen molar-refractivity contribution in [1.82, 2.24) is 9.91 Å². The number of rotatable bonds is 5. The third kappa shape index (κ3) is 4.64. The SMILES string of the molecule is CCC(=NN1CCN(Cc2ccc(C)cc2C)CC1)c1ccc(O)cc1. The highest BCUT2D eigenvalue weighted by molar-refractivity contribution is 6.00. The van der Waals surface area contributed by atoms with E-state index in [-0.39, 0.29) is 0 Å². The van der Waals surface area contributed by atoms with Gasteiger partial charge in [0.05, 0.1) is 5.71 Å². The van der Waals surface area contributed by atoms with E-state index in [1.54, 1.807) is 12.1 Å². The average molecular weight is 351 g/mol. The summed E-state index contributed by atoms with van der Waals surface area (Å²) in [6, 6.07) is 14.1. The first-order valence-electron chi connectivity index (χ1n) is 9.45. The minimum Gasteiger partial charge on any atom is -0.508 e. The number of aryl methyl sites for hydroxylation is 2. The molecule has 0 amide bonds. The number of piperazine rings is 1. The lowest BCUT2D eigenvalue weighted by Gasteiger charge is -2.34. The van der Waals surface area contributed by atoms with Gasteiger partial charge in [0.2, 0.25) is 0 Å². The Bertz CT molecular complexity index is 759. The summed E-state index contributed by atoms with van der Waals surface area (Å²) in [7, 11) is 0. The second-order valence-corrected chi connectivity index (χ2v) is 7.11. The van der Waals surface area contributed by atoms with Gasteiger partial charge in [-0.05, 0) is 61.2 Å². The van der Waals surface area contributed by atoms with Crippen LogP contribution >= 0.6 is 0 Å². The van der Waals surface area contributed by atoms with E-state index in [9.17, 15) is 5.11 Å². The molecule has 3 rings (SSSR count). The number of benzene rings is 2. The normalized spacial score (nSPS) is 16.1. The van der Waals surface area contributed by atoms with Crippen molar-refractivity contribution in [3.63, 3.8) is 0 Å². The third-order valence-corrected chi connectivity index (χ3v) is 5.04. The van der Waals surface area contributed by atoms with Gasteiger partial charge in [0.25, 0.3) is 0 Å². The Labute approximate surface area is 156 Å². The fourth-order valence-electron chi connectivity index (χ4n) is 3.42. The van der Waals surface area contributed by atoms with Gasteiger partial charge in [-0.15, -0.1) is 0 Å². The summed E-state index contributed by atoms with van der Waals surface area (Å²) in [5.74, 6) is 0.296. The van der Waals surface area contributed by atoms with Crippen molar-refractivity contribution in [3.05, 3.63) is 64.7 Å². The van der Waals surface area contributed by atoms with Crippen molar-refractivity contribution in [2.75, 3.05) is 26.2 Å². The zero-order chi connectivity index (χ0) is 18.5. The van der Waals surface area contributed by atoms with Crippen LogP contribution in [0.5, 0.6) is 5.75 Å². The monoisotopic (exact) mass is 351 g/mol. The number of hydrogen-bond acceptors (Lipinski definition) is 4. The van der Waals surface area contributed by atoms with Crippen LogP contribution in [0.15, 0.2) is 47.6 Å². The molecular formula is C22H29N3O. The lowest BCUT2D eigenvalue weighted by molar-refractivity contribution is 0.130. The molecule has 1 saturated heterocycles. The van der Waals surface area contributed by atoms with Crippen LogP contribution in [-0.4, -0.2) is 46.9 Å². The second-order valence-electron chi connectivity index (χ2n) is 7.11. The predicted octanol–water partition coefficient (Wildman–Crippen LogP) is 3.94. The third-order valence-electron chi connectivity index (χ3n) is 5.04. The van der Waals surface area contributed by atoms with Gasteiger partial charge in [-0.2, -0.15) is 5.10 Å². The van der Waals surface area contributed by atoms with E-state index in [1.165, 1.54) is 16.7 Å². The highest BCUT2D eigenvalue weighted by Gasteiger charge is 2.17. The summed E-state index contributed by atoms with van der Waals surface area (Å²) in [5.41, 5.74) is 6.29. The lowest BCUT2D eigenvalue weighted by atomic mass is 10.1. The molecular weight excluding hydrogens is 322 g/mol. The largest absolute Gasteiger partial charge is 0.508 e. The number of nitrogens with zero attached hydrogens (tertiary/aromatic N) is 3. The Hall–Kier alpha value is -2.33. The average Bonchev–Trinajstić information content (AvgIpc) is 2.64. The van der Waals surface area contributed by atoms with E-state index in [0.29, 0.717) is 5.75 Å². The van der Waals surface area contributed by atoms with Crippen molar-refractivity contribution in [2.24, 2.45) is 5.10 Å². The minimum atomic E-state index is 0.296. The quantitative estimate of drug-likeness (QED) is 0.829. The highest BCUT2D eigenvalue weighted by Crippen LogP contribution is 2.16. The maximum Gasteiger partial charge on any atom is 0.115 e. The first-order chi connectivity index (χ1) is 12.5. The van der Waals surface area contributed by atoms with Crippen LogP contribution < -0.4 is 0 Å². The van der Waals surface area contributed by atoms with E-state index >= 15 is 0 Å². The van der Waals surface area contributed by atoms with Crippen LogP contribution in [0.4, 0.5) is 0 Å². The number of aromatic hydroxyl groups is 1. The minimum absolute atomic E-state index is 0.296. The van der Waals surface area contributed by atoms with E-state index in [1.807, 2.05) is 12.1 Å². The molecule has 0 unspecified atom stereocenters. The molecule has 2 aromatic rings. The molecule has 0 radical (unpaired) electrons. The molecule has 138 valence electrons. The molecule has 26 heavy (non-hydrogen) atoms. The van der Waals surface area contributed by atoms with Gasteiger partial charge in [-0.3, -0.25) is 9.91 Å². The van der Waals surface area contributed by atoms with Gasteiger partial charge in [-0.25, -0.2) is 0 Å². The number of hydrogen-bond donors (Lipinski definition) is 1. The molecule has 1 heterocycles. The maximum absolute atomic E-state index is 9.46. The first-order valence-corrected chi connectivity index (χ1v) is 9.45. The van der Waals surface area contributed by atoms with Crippen LogP contribution in [0.1, 0.15) is 35.6 Å². The van der Waals surface area contributed by atoms with Crippen LogP contribution in [-0.2, 0) is 6.54 Å². The van der Waals surface area contributed by atoms with Crippen LogP contribution in [0.3, 0.4) is 0 Å². The van der Waals surface area contributed by atoms with E-state index in [4.69, 9.17) is 5.10 Å². The van der Waals surface area contributed by atoms with E-state index in [2.05, 4.69) is 48.9 Å². The predicted molar refractivity (Wildman–Crippen MR) is 108 cm³/mol. The van der Waals surface area contributed by atoms with Gasteiger partial charge < -0.3 is 5.11 Å². The van der Waals surface area contributed by atoms with Crippen molar-refractivity contribution in [3.8, 4) is 5.75 Å². The van der Waals surface area contributed by atoms with E-state index in [0.717, 1.165) is 50.4 Å². The Morgan fingerprint density at radius 3 is 2.31 bits per heavy atom. The zero-order valence-corrected chi connectivity index (χ0v) is 16.1. The van der Waals surface area contributed by atoms with Gasteiger partial charge in [0, 0.05) is 32.7 Å². The molecule has 4 nitrogen and oxygen atoms in total. The van der Waals surface area contributed by atoms with Crippen molar-refractivity contribution in [2.45, 2.75) is 33.7 Å². The fraction of sp³-hybridized carbons (Fsp3) is 0.409. The fourth-order valence-corrected chi connectivity index (χ4v) is 3.42. The first kappa shape index (κ1) is 18.5.